The highest BCUT2D eigenvalue weighted by molar-refractivity contribution is 5.89. The Labute approximate surface area is 101 Å². The van der Waals surface area contributed by atoms with E-state index in [1.165, 1.54) is 4.90 Å². The second-order valence-corrected chi connectivity index (χ2v) is 4.09. The maximum Gasteiger partial charge on any atom is 0.272 e. The molecule has 9 heteroatoms. The first-order chi connectivity index (χ1) is 8.39. The molecule has 2 atom stereocenters. The molecule has 9 nitrogen and oxygen atoms in total. The summed E-state index contributed by atoms with van der Waals surface area (Å²) < 4.78 is 0. The molecular weight excluding hydrogens is 244 g/mol. The lowest BCUT2D eigenvalue weighted by molar-refractivity contribution is -0.521. The number of hydrogen-bond acceptors (Lipinski definition) is 6. The van der Waals surface area contributed by atoms with Gasteiger partial charge in [0.1, 0.15) is 0 Å². The molecule has 2 unspecified atom stereocenters. The van der Waals surface area contributed by atoms with Crippen molar-refractivity contribution in [2.45, 2.75) is 11.6 Å². The second kappa shape index (κ2) is 3.88. The molecule has 2 rings (SSSR count). The topological polar surface area (TPSA) is 132 Å². The van der Waals surface area contributed by atoms with Crippen LogP contribution in [-0.2, 0) is 4.79 Å². The van der Waals surface area contributed by atoms with Crippen LogP contribution in [0, 0.1) is 20.2 Å². The molecule has 0 saturated carbocycles. The van der Waals surface area contributed by atoms with Crippen LogP contribution < -0.4 is 5.73 Å². The molecule has 1 aliphatic carbocycles. The Kier molecular flexibility index (Phi) is 2.62. The minimum Gasteiger partial charge on any atom is -0.368 e. The third-order valence-electron chi connectivity index (χ3n) is 3.09. The van der Waals surface area contributed by atoms with E-state index in [1.54, 1.807) is 0 Å². The SMILES string of the molecule is NC(=O)C1(N2CC2)C=CC([N+](=O)[O-])=CC1[N+](=O)[O-]. The Bertz CT molecular complexity index is 495. The lowest BCUT2D eigenvalue weighted by Gasteiger charge is -2.30. The molecule has 1 saturated heterocycles. The molecular formula is C9H10N4O5. The standard InChI is InChI=1S/C9H10N4O5/c10-8(14)9(11-3-4-11)2-1-6(12(15)16)5-7(9)13(17)18/h1-2,5,7H,3-4H2,(H2,10,14). The molecule has 0 radical (unpaired) electrons. The molecule has 18 heavy (non-hydrogen) atoms. The molecule has 1 fully saturated rings. The van der Waals surface area contributed by atoms with E-state index in [4.69, 9.17) is 5.73 Å². The average molecular weight is 254 g/mol. The van der Waals surface area contributed by atoms with Crippen LogP contribution in [0.4, 0.5) is 0 Å². The zero-order valence-electron chi connectivity index (χ0n) is 9.18. The van der Waals surface area contributed by atoms with Crippen LogP contribution in [0.2, 0.25) is 0 Å². The van der Waals surface area contributed by atoms with E-state index < -0.39 is 33.0 Å². The first-order valence-electron chi connectivity index (χ1n) is 5.13. The molecule has 0 aromatic rings. The Balaban J connectivity index is 2.49. The van der Waals surface area contributed by atoms with Crippen LogP contribution in [0.5, 0.6) is 0 Å². The summed E-state index contributed by atoms with van der Waals surface area (Å²) in [5, 5.41) is 21.7. The Morgan fingerprint density at radius 3 is 2.44 bits per heavy atom. The number of nitrogens with two attached hydrogens (primary N) is 1. The minimum absolute atomic E-state index is 0.407. The largest absolute Gasteiger partial charge is 0.368 e. The van der Waals surface area contributed by atoms with Gasteiger partial charge in [-0.15, -0.1) is 0 Å². The van der Waals surface area contributed by atoms with Gasteiger partial charge in [0.25, 0.3) is 11.7 Å². The van der Waals surface area contributed by atoms with Gasteiger partial charge in [-0.25, -0.2) is 0 Å². The fourth-order valence-electron chi connectivity index (χ4n) is 2.09. The van der Waals surface area contributed by atoms with Crippen LogP contribution >= 0.6 is 0 Å². The van der Waals surface area contributed by atoms with E-state index in [0.717, 1.165) is 18.2 Å². The van der Waals surface area contributed by atoms with Gasteiger partial charge in [-0.1, -0.05) is 0 Å². The Morgan fingerprint density at radius 2 is 2.06 bits per heavy atom. The zero-order valence-corrected chi connectivity index (χ0v) is 9.18. The summed E-state index contributed by atoms with van der Waals surface area (Å²) in [5.41, 5.74) is 3.26. The predicted molar refractivity (Wildman–Crippen MR) is 58.5 cm³/mol. The lowest BCUT2D eigenvalue weighted by atomic mass is 9.84. The number of primary amides is 1. The number of amides is 1. The van der Waals surface area contributed by atoms with E-state index in [-0.39, 0.29) is 0 Å². The number of nitro groups is 2. The number of carbonyl (C=O) groups is 1. The van der Waals surface area contributed by atoms with Crippen LogP contribution in [0.3, 0.4) is 0 Å². The third-order valence-corrected chi connectivity index (χ3v) is 3.09. The fraction of sp³-hybridized carbons (Fsp3) is 0.444. The van der Waals surface area contributed by atoms with Crippen molar-refractivity contribution in [1.82, 2.24) is 4.90 Å². The molecule has 2 N–H and O–H groups in total. The van der Waals surface area contributed by atoms with Gasteiger partial charge >= 0.3 is 0 Å². The van der Waals surface area contributed by atoms with Crippen molar-refractivity contribution in [3.05, 3.63) is 44.2 Å². The summed E-state index contributed by atoms with van der Waals surface area (Å²) in [6.07, 6.45) is 3.11. The van der Waals surface area contributed by atoms with Gasteiger partial charge in [-0.2, -0.15) is 0 Å². The van der Waals surface area contributed by atoms with Gasteiger partial charge in [0.2, 0.25) is 5.91 Å². The number of hydrogen-bond donors (Lipinski definition) is 1. The van der Waals surface area contributed by atoms with Gasteiger partial charge in [-0.05, 0) is 6.08 Å². The average Bonchev–Trinajstić information content (AvgIpc) is 3.11. The van der Waals surface area contributed by atoms with Crippen LogP contribution in [0.1, 0.15) is 0 Å². The number of nitrogens with zero attached hydrogens (tertiary/aromatic N) is 3. The van der Waals surface area contributed by atoms with Gasteiger partial charge in [0.05, 0.1) is 11.0 Å². The normalized spacial score (nSPS) is 30.7. The quantitative estimate of drug-likeness (QED) is 0.384. The number of rotatable bonds is 4. The summed E-state index contributed by atoms with van der Waals surface area (Å²) in [5.74, 6) is -0.878. The van der Waals surface area contributed by atoms with E-state index in [9.17, 15) is 25.0 Å². The van der Waals surface area contributed by atoms with Crippen LogP contribution in [0.25, 0.3) is 0 Å². The summed E-state index contributed by atoms with van der Waals surface area (Å²) in [4.78, 5) is 33.3. The maximum atomic E-state index is 11.6. The molecule has 0 aromatic carbocycles. The highest BCUT2D eigenvalue weighted by Crippen LogP contribution is 2.34. The predicted octanol–water partition coefficient (Wildman–Crippen LogP) is -1.10. The van der Waals surface area contributed by atoms with Crippen molar-refractivity contribution >= 4 is 5.91 Å². The second-order valence-electron chi connectivity index (χ2n) is 4.09. The summed E-state index contributed by atoms with van der Waals surface area (Å²) in [6.45, 7) is 0.999. The van der Waals surface area contributed by atoms with Gasteiger partial charge in [-0.3, -0.25) is 29.9 Å². The first-order valence-corrected chi connectivity index (χ1v) is 5.13. The van der Waals surface area contributed by atoms with Crippen molar-refractivity contribution in [1.29, 1.82) is 0 Å². The molecule has 1 aliphatic heterocycles. The van der Waals surface area contributed by atoms with E-state index in [2.05, 4.69) is 0 Å². The van der Waals surface area contributed by atoms with Crippen LogP contribution in [0.15, 0.2) is 23.9 Å². The van der Waals surface area contributed by atoms with Gasteiger partial charge in [0.15, 0.2) is 5.54 Å². The first kappa shape index (κ1) is 12.2. The number of allylic oxidation sites excluding steroid dienone is 1. The molecule has 1 heterocycles. The van der Waals surface area contributed by atoms with Crippen LogP contribution in [-0.4, -0.2) is 45.3 Å². The number of carbonyl (C=O) groups excluding carboxylic acids is 1. The molecule has 0 aromatic heterocycles. The summed E-state index contributed by atoms with van der Waals surface area (Å²) in [6, 6.07) is -1.54. The smallest absolute Gasteiger partial charge is 0.272 e. The van der Waals surface area contributed by atoms with Crippen molar-refractivity contribution in [2.75, 3.05) is 13.1 Å². The molecule has 2 aliphatic rings. The third kappa shape index (κ3) is 1.64. The van der Waals surface area contributed by atoms with Gasteiger partial charge < -0.3 is 5.73 Å². The molecule has 0 bridgehead atoms. The van der Waals surface area contributed by atoms with E-state index >= 15 is 0 Å². The van der Waals surface area contributed by atoms with Crippen molar-refractivity contribution in [2.24, 2.45) is 5.73 Å². The Hall–Kier alpha value is -2.29. The van der Waals surface area contributed by atoms with E-state index in [0.29, 0.717) is 13.1 Å². The highest BCUT2D eigenvalue weighted by Gasteiger charge is 2.59. The summed E-state index contributed by atoms with van der Waals surface area (Å²) in [7, 11) is 0. The lowest BCUT2D eigenvalue weighted by Crippen LogP contribution is -2.60. The zero-order chi connectivity index (χ0) is 13.5. The fourth-order valence-corrected chi connectivity index (χ4v) is 2.09. The Morgan fingerprint density at radius 1 is 1.44 bits per heavy atom. The minimum atomic E-state index is -1.59. The van der Waals surface area contributed by atoms with Crippen molar-refractivity contribution in [3.63, 3.8) is 0 Å². The monoisotopic (exact) mass is 254 g/mol. The van der Waals surface area contributed by atoms with Crippen molar-refractivity contribution < 1.29 is 14.6 Å². The maximum absolute atomic E-state index is 11.6. The molecule has 1 amide bonds. The van der Waals surface area contributed by atoms with E-state index in [1.807, 2.05) is 0 Å². The summed E-state index contributed by atoms with van der Waals surface area (Å²) >= 11 is 0. The van der Waals surface area contributed by atoms with Gasteiger partial charge in [0, 0.05) is 24.1 Å². The highest BCUT2D eigenvalue weighted by atomic mass is 16.6. The van der Waals surface area contributed by atoms with Crippen molar-refractivity contribution in [3.8, 4) is 0 Å². The molecule has 0 spiro atoms. The molecule has 96 valence electrons.